The van der Waals surface area contributed by atoms with E-state index in [-0.39, 0.29) is 0 Å². The van der Waals surface area contributed by atoms with Crippen LogP contribution in [-0.4, -0.2) is 92.1 Å². The molecule has 9 heteroatoms. The molecule has 0 aliphatic carbocycles. The van der Waals surface area contributed by atoms with Gasteiger partial charge in [0.05, 0.1) is 12.2 Å². The number of hydrogen-bond donors (Lipinski definition) is 6. The number of rotatable bonds is 2. The molecule has 9 nitrogen and oxygen atoms in total. The lowest BCUT2D eigenvalue weighted by atomic mass is 9.98. The normalized spacial score (nSPS) is 55.4. The first kappa shape index (κ1) is 17.0. The molecule has 2 saturated heterocycles. The smallest absolute Gasteiger partial charge is 0.187 e. The highest BCUT2D eigenvalue weighted by Gasteiger charge is 2.48. The molecule has 2 rings (SSSR count). The van der Waals surface area contributed by atoms with Crippen LogP contribution in [0.4, 0.5) is 0 Å². The Bertz CT molecular complexity index is 354. The van der Waals surface area contributed by atoms with Crippen molar-refractivity contribution in [2.75, 3.05) is 0 Å². The summed E-state index contributed by atoms with van der Waals surface area (Å²) in [6, 6.07) is 0. The molecule has 0 unspecified atom stereocenters. The van der Waals surface area contributed by atoms with Crippen LogP contribution in [0.5, 0.6) is 0 Å². The minimum absolute atomic E-state index is 0.793. The quantitative estimate of drug-likeness (QED) is 0.308. The molecule has 0 amide bonds. The molecule has 0 radical (unpaired) electrons. The van der Waals surface area contributed by atoms with Gasteiger partial charge in [-0.3, -0.25) is 0 Å². The van der Waals surface area contributed by atoms with E-state index in [4.69, 9.17) is 14.2 Å². The van der Waals surface area contributed by atoms with Crippen LogP contribution in [0.25, 0.3) is 0 Å². The molecule has 2 aliphatic heterocycles. The first-order valence-corrected chi connectivity index (χ1v) is 6.78. The Balaban J connectivity index is 2.06. The highest BCUT2D eigenvalue weighted by Crippen LogP contribution is 2.28. The van der Waals surface area contributed by atoms with Crippen LogP contribution >= 0.6 is 0 Å². The van der Waals surface area contributed by atoms with E-state index in [1.54, 1.807) is 0 Å². The van der Waals surface area contributed by atoms with Gasteiger partial charge in [0.25, 0.3) is 0 Å². The molecule has 0 bridgehead atoms. The SMILES string of the molecule is C[C@@H]1O[C@@H](O[C@H]2[C@H](O)[C@H](O)[C@H](C)O[C@@H]2O)[C@@H](O)[C@H](O)[C@@H]1O. The van der Waals surface area contributed by atoms with E-state index in [2.05, 4.69) is 0 Å². The first-order chi connectivity index (χ1) is 9.73. The van der Waals surface area contributed by atoms with Crippen molar-refractivity contribution in [1.29, 1.82) is 0 Å². The van der Waals surface area contributed by atoms with Crippen LogP contribution < -0.4 is 0 Å². The van der Waals surface area contributed by atoms with Gasteiger partial charge in [0.2, 0.25) is 0 Å². The van der Waals surface area contributed by atoms with Crippen LogP contribution in [0.2, 0.25) is 0 Å². The molecule has 124 valence electrons. The van der Waals surface area contributed by atoms with Gasteiger partial charge in [0, 0.05) is 0 Å². The van der Waals surface area contributed by atoms with E-state index in [1.165, 1.54) is 13.8 Å². The molecule has 10 atom stereocenters. The Hall–Kier alpha value is -0.360. The summed E-state index contributed by atoms with van der Waals surface area (Å²) in [5.74, 6) is 0. The van der Waals surface area contributed by atoms with Crippen molar-refractivity contribution in [2.45, 2.75) is 75.3 Å². The van der Waals surface area contributed by atoms with Gasteiger partial charge in [-0.1, -0.05) is 0 Å². The average molecular weight is 310 g/mol. The maximum atomic E-state index is 9.91. The summed E-state index contributed by atoms with van der Waals surface area (Å²) < 4.78 is 15.5. The second kappa shape index (κ2) is 6.41. The summed E-state index contributed by atoms with van der Waals surface area (Å²) in [5, 5.41) is 58.5. The molecule has 6 N–H and O–H groups in total. The Kier molecular flexibility index (Phi) is 5.19. The average Bonchev–Trinajstić information content (AvgIpc) is 2.44. The molecule has 2 heterocycles. The maximum Gasteiger partial charge on any atom is 0.187 e. The molecule has 21 heavy (non-hydrogen) atoms. The Morgan fingerprint density at radius 2 is 1.19 bits per heavy atom. The minimum Gasteiger partial charge on any atom is -0.388 e. The second-order valence-electron chi connectivity index (χ2n) is 5.50. The van der Waals surface area contributed by atoms with Crippen molar-refractivity contribution in [3.8, 4) is 0 Å². The van der Waals surface area contributed by atoms with Gasteiger partial charge in [-0.25, -0.2) is 0 Å². The predicted molar refractivity (Wildman–Crippen MR) is 65.8 cm³/mol. The van der Waals surface area contributed by atoms with Crippen LogP contribution in [-0.2, 0) is 14.2 Å². The van der Waals surface area contributed by atoms with E-state index >= 15 is 0 Å². The lowest BCUT2D eigenvalue weighted by Crippen LogP contribution is -2.62. The molecule has 0 aromatic rings. The summed E-state index contributed by atoms with van der Waals surface area (Å²) in [5.41, 5.74) is 0. The number of aliphatic hydroxyl groups excluding tert-OH is 6. The third-order valence-corrected chi connectivity index (χ3v) is 3.90. The Morgan fingerprint density at radius 3 is 1.81 bits per heavy atom. The summed E-state index contributed by atoms with van der Waals surface area (Å²) in [6.45, 7) is 2.94. The van der Waals surface area contributed by atoms with E-state index in [0.717, 1.165) is 0 Å². The fourth-order valence-corrected chi connectivity index (χ4v) is 2.45. The van der Waals surface area contributed by atoms with Crippen molar-refractivity contribution in [1.82, 2.24) is 0 Å². The summed E-state index contributed by atoms with van der Waals surface area (Å²) in [7, 11) is 0. The first-order valence-electron chi connectivity index (χ1n) is 6.78. The van der Waals surface area contributed by atoms with Crippen molar-refractivity contribution in [2.24, 2.45) is 0 Å². The number of aliphatic hydroxyl groups is 6. The number of hydrogen-bond acceptors (Lipinski definition) is 9. The zero-order valence-corrected chi connectivity index (χ0v) is 11.7. The third kappa shape index (κ3) is 3.21. The molecule has 0 saturated carbocycles. The van der Waals surface area contributed by atoms with Crippen molar-refractivity contribution < 1.29 is 44.8 Å². The van der Waals surface area contributed by atoms with E-state index in [1.807, 2.05) is 0 Å². The Morgan fingerprint density at radius 1 is 0.667 bits per heavy atom. The summed E-state index contributed by atoms with van der Waals surface area (Å²) in [6.07, 6.45) is -13.0. The van der Waals surface area contributed by atoms with Gasteiger partial charge in [-0.05, 0) is 13.8 Å². The monoisotopic (exact) mass is 310 g/mol. The highest BCUT2D eigenvalue weighted by molar-refractivity contribution is 4.91. The van der Waals surface area contributed by atoms with Crippen molar-refractivity contribution in [3.05, 3.63) is 0 Å². The van der Waals surface area contributed by atoms with Crippen LogP contribution in [0.15, 0.2) is 0 Å². The van der Waals surface area contributed by atoms with Gasteiger partial charge >= 0.3 is 0 Å². The van der Waals surface area contributed by atoms with E-state index in [0.29, 0.717) is 0 Å². The van der Waals surface area contributed by atoms with Gasteiger partial charge in [0.1, 0.15) is 36.6 Å². The highest BCUT2D eigenvalue weighted by atomic mass is 16.7. The van der Waals surface area contributed by atoms with Crippen molar-refractivity contribution >= 4 is 0 Å². The largest absolute Gasteiger partial charge is 0.388 e. The predicted octanol–water partition coefficient (Wildman–Crippen LogP) is -3.34. The molecule has 0 spiro atoms. The molecule has 0 aromatic carbocycles. The van der Waals surface area contributed by atoms with Gasteiger partial charge < -0.3 is 44.8 Å². The molecular weight excluding hydrogens is 288 g/mol. The Labute approximate surface area is 121 Å². The number of ether oxygens (including phenoxy) is 3. The van der Waals surface area contributed by atoms with Crippen molar-refractivity contribution in [3.63, 3.8) is 0 Å². The summed E-state index contributed by atoms with van der Waals surface area (Å²) >= 11 is 0. The van der Waals surface area contributed by atoms with Gasteiger partial charge in [-0.2, -0.15) is 0 Å². The zero-order chi connectivity index (χ0) is 15.9. The molecular formula is C12H22O9. The lowest BCUT2D eigenvalue weighted by Gasteiger charge is -2.44. The second-order valence-corrected chi connectivity index (χ2v) is 5.50. The van der Waals surface area contributed by atoms with E-state index < -0.39 is 61.4 Å². The molecule has 2 aliphatic rings. The van der Waals surface area contributed by atoms with Crippen LogP contribution in [0.1, 0.15) is 13.8 Å². The summed E-state index contributed by atoms with van der Waals surface area (Å²) in [4.78, 5) is 0. The standard InChI is InChI=1S/C12H22O9/c1-3-6(14)8(16)10(11(18)19-3)21-12-9(17)7(15)5(13)4(2)20-12/h3-18H,1-2H3/t3-,4-,5+,6+,7+,8+,9-,10-,11-,12-/m0/s1. The topological polar surface area (TPSA) is 149 Å². The van der Waals surface area contributed by atoms with Gasteiger partial charge in [0.15, 0.2) is 12.6 Å². The minimum atomic E-state index is -1.58. The van der Waals surface area contributed by atoms with Crippen LogP contribution in [0, 0.1) is 0 Å². The van der Waals surface area contributed by atoms with E-state index in [9.17, 15) is 30.6 Å². The van der Waals surface area contributed by atoms with Gasteiger partial charge in [-0.15, -0.1) is 0 Å². The van der Waals surface area contributed by atoms with Crippen LogP contribution in [0.3, 0.4) is 0 Å². The fraction of sp³-hybridized carbons (Fsp3) is 1.00. The maximum absolute atomic E-state index is 9.91. The fourth-order valence-electron chi connectivity index (χ4n) is 2.45. The molecule has 0 aromatic heterocycles. The zero-order valence-electron chi connectivity index (χ0n) is 11.7. The third-order valence-electron chi connectivity index (χ3n) is 3.90. The molecule has 2 fully saturated rings. The lowest BCUT2D eigenvalue weighted by molar-refractivity contribution is -0.356.